The molecule has 18 heavy (non-hydrogen) atoms. The first-order valence-electron chi connectivity index (χ1n) is 7.72. The van der Waals surface area contributed by atoms with E-state index in [1.807, 2.05) is 11.9 Å². The van der Waals surface area contributed by atoms with Crippen molar-refractivity contribution in [1.29, 1.82) is 0 Å². The quantitative estimate of drug-likeness (QED) is 0.768. The fourth-order valence-electron chi connectivity index (χ4n) is 3.55. The molecule has 2 N–H and O–H groups in total. The molecule has 0 aromatic rings. The van der Waals surface area contributed by atoms with Crippen molar-refractivity contribution in [2.45, 2.75) is 76.3 Å². The van der Waals surface area contributed by atoms with Gasteiger partial charge in [-0.1, -0.05) is 38.5 Å². The lowest BCUT2D eigenvalue weighted by atomic mass is 9.90. The molecule has 2 aliphatic carbocycles. The molecule has 2 unspecified atom stereocenters. The number of hydrogen-bond donors (Lipinski definition) is 1. The Bertz CT molecular complexity index is 274. The third kappa shape index (κ3) is 3.25. The van der Waals surface area contributed by atoms with Crippen molar-refractivity contribution >= 4 is 5.91 Å². The van der Waals surface area contributed by atoms with Gasteiger partial charge in [-0.25, -0.2) is 0 Å². The van der Waals surface area contributed by atoms with Gasteiger partial charge >= 0.3 is 0 Å². The van der Waals surface area contributed by atoms with Gasteiger partial charge in [0.15, 0.2) is 0 Å². The van der Waals surface area contributed by atoms with E-state index in [1.54, 1.807) is 0 Å². The van der Waals surface area contributed by atoms with Gasteiger partial charge in [-0.3, -0.25) is 4.79 Å². The highest BCUT2D eigenvalue weighted by Gasteiger charge is 2.32. The average Bonchev–Trinajstić information content (AvgIpc) is 2.63. The summed E-state index contributed by atoms with van der Waals surface area (Å²) in [6.07, 6.45) is 11.9. The van der Waals surface area contributed by atoms with Crippen LogP contribution in [0.5, 0.6) is 0 Å². The second-order valence-electron chi connectivity index (χ2n) is 6.15. The van der Waals surface area contributed by atoms with E-state index in [1.165, 1.54) is 51.4 Å². The Hall–Kier alpha value is -0.570. The van der Waals surface area contributed by atoms with Crippen LogP contribution in [0, 0.1) is 5.92 Å². The summed E-state index contributed by atoms with van der Waals surface area (Å²) in [6, 6.07) is 0.563. The molecule has 3 nitrogen and oxygen atoms in total. The molecule has 0 aromatic heterocycles. The third-order valence-corrected chi connectivity index (χ3v) is 4.86. The van der Waals surface area contributed by atoms with E-state index < -0.39 is 0 Å². The van der Waals surface area contributed by atoms with Crippen LogP contribution in [0.25, 0.3) is 0 Å². The first-order valence-corrected chi connectivity index (χ1v) is 7.72. The number of nitrogens with zero attached hydrogens (tertiary/aromatic N) is 1. The van der Waals surface area contributed by atoms with Crippen molar-refractivity contribution in [3.8, 4) is 0 Å². The minimum absolute atomic E-state index is 0.0828. The van der Waals surface area contributed by atoms with Crippen LogP contribution in [0.3, 0.4) is 0 Å². The molecule has 2 atom stereocenters. The average molecular weight is 252 g/mol. The number of hydrogen-bond acceptors (Lipinski definition) is 2. The van der Waals surface area contributed by atoms with Gasteiger partial charge in [-0.05, 0) is 25.7 Å². The molecular formula is C15H28N2O. The van der Waals surface area contributed by atoms with Gasteiger partial charge < -0.3 is 10.6 Å². The summed E-state index contributed by atoms with van der Waals surface area (Å²) in [7, 11) is 2.00. The second kappa shape index (κ2) is 6.55. The Balaban J connectivity index is 1.95. The molecule has 2 aliphatic rings. The number of nitrogens with two attached hydrogens (primary N) is 1. The number of carbonyl (C=O) groups excluding carboxylic acids is 1. The molecular weight excluding hydrogens is 224 g/mol. The van der Waals surface area contributed by atoms with Crippen LogP contribution in [-0.4, -0.2) is 29.9 Å². The van der Waals surface area contributed by atoms with E-state index >= 15 is 0 Å². The zero-order valence-electron chi connectivity index (χ0n) is 11.7. The molecule has 104 valence electrons. The normalized spacial score (nSPS) is 30.8. The highest BCUT2D eigenvalue weighted by Crippen LogP contribution is 2.27. The predicted molar refractivity (Wildman–Crippen MR) is 74.2 cm³/mol. The molecule has 1 amide bonds. The third-order valence-electron chi connectivity index (χ3n) is 4.86. The summed E-state index contributed by atoms with van der Waals surface area (Å²) in [6.45, 7) is 0. The zero-order chi connectivity index (χ0) is 13.0. The molecule has 3 heteroatoms. The van der Waals surface area contributed by atoms with E-state index in [2.05, 4.69) is 0 Å². The Labute approximate surface area is 111 Å². The van der Waals surface area contributed by atoms with Crippen LogP contribution >= 0.6 is 0 Å². The van der Waals surface area contributed by atoms with Gasteiger partial charge in [0, 0.05) is 19.1 Å². The minimum atomic E-state index is 0.0828. The van der Waals surface area contributed by atoms with Crippen molar-refractivity contribution in [2.75, 3.05) is 7.05 Å². The zero-order valence-corrected chi connectivity index (χ0v) is 11.7. The smallest absolute Gasteiger partial charge is 0.227 e. The number of amides is 1. The molecule has 0 bridgehead atoms. The number of rotatable bonds is 2. The summed E-state index contributed by atoms with van der Waals surface area (Å²) in [4.78, 5) is 14.6. The van der Waals surface area contributed by atoms with E-state index in [9.17, 15) is 4.79 Å². The molecule has 0 aliphatic heterocycles. The summed E-state index contributed by atoms with van der Waals surface area (Å²) in [5.41, 5.74) is 6.20. The van der Waals surface area contributed by atoms with Crippen molar-refractivity contribution < 1.29 is 4.79 Å². The van der Waals surface area contributed by atoms with E-state index in [0.29, 0.717) is 11.9 Å². The molecule has 2 rings (SSSR count). The van der Waals surface area contributed by atoms with Crippen LogP contribution < -0.4 is 5.73 Å². The molecule has 0 saturated heterocycles. The minimum Gasteiger partial charge on any atom is -0.342 e. The molecule has 0 radical (unpaired) electrons. The molecule has 0 heterocycles. The van der Waals surface area contributed by atoms with Gasteiger partial charge in [-0.2, -0.15) is 0 Å². The molecule has 2 saturated carbocycles. The second-order valence-corrected chi connectivity index (χ2v) is 6.15. The Morgan fingerprint density at radius 3 is 2.17 bits per heavy atom. The molecule has 0 spiro atoms. The highest BCUT2D eigenvalue weighted by atomic mass is 16.2. The monoisotopic (exact) mass is 252 g/mol. The number of carbonyl (C=O) groups is 1. The van der Waals surface area contributed by atoms with Crippen molar-refractivity contribution in [1.82, 2.24) is 4.90 Å². The van der Waals surface area contributed by atoms with Crippen molar-refractivity contribution in [3.05, 3.63) is 0 Å². The maximum absolute atomic E-state index is 12.6. The van der Waals surface area contributed by atoms with Crippen LogP contribution in [-0.2, 0) is 4.79 Å². The topological polar surface area (TPSA) is 46.3 Å². The fourth-order valence-corrected chi connectivity index (χ4v) is 3.55. The van der Waals surface area contributed by atoms with Crippen LogP contribution in [0.4, 0.5) is 0 Å². The van der Waals surface area contributed by atoms with Gasteiger partial charge in [0.2, 0.25) is 5.91 Å². The molecule has 2 fully saturated rings. The standard InChI is InChI=1S/C15H28N2O/c1-17(12-8-4-2-5-9-12)15(18)13-10-6-3-7-11-14(13)16/h12-14H,2-11,16H2,1H3. The van der Waals surface area contributed by atoms with E-state index in [4.69, 9.17) is 5.73 Å². The Morgan fingerprint density at radius 2 is 1.50 bits per heavy atom. The first-order chi connectivity index (χ1) is 8.70. The largest absolute Gasteiger partial charge is 0.342 e. The predicted octanol–water partition coefficient (Wildman–Crippen LogP) is 2.69. The summed E-state index contributed by atoms with van der Waals surface area (Å²) < 4.78 is 0. The van der Waals surface area contributed by atoms with Crippen molar-refractivity contribution in [3.63, 3.8) is 0 Å². The van der Waals surface area contributed by atoms with E-state index in [0.717, 1.165) is 12.8 Å². The van der Waals surface area contributed by atoms with Crippen LogP contribution in [0.1, 0.15) is 64.2 Å². The summed E-state index contributed by atoms with van der Waals surface area (Å²) >= 11 is 0. The first kappa shape index (κ1) is 13.9. The summed E-state index contributed by atoms with van der Waals surface area (Å²) in [5.74, 6) is 0.399. The Morgan fingerprint density at radius 1 is 0.944 bits per heavy atom. The molecule has 0 aromatic carbocycles. The lowest BCUT2D eigenvalue weighted by Gasteiger charge is -2.34. The van der Waals surface area contributed by atoms with E-state index in [-0.39, 0.29) is 12.0 Å². The van der Waals surface area contributed by atoms with Gasteiger partial charge in [0.1, 0.15) is 0 Å². The fraction of sp³-hybridized carbons (Fsp3) is 0.933. The van der Waals surface area contributed by atoms with Gasteiger partial charge in [0.05, 0.1) is 5.92 Å². The lowest BCUT2D eigenvalue weighted by molar-refractivity contribution is -0.137. The SMILES string of the molecule is CN(C(=O)C1CCCCCC1N)C1CCCCC1. The van der Waals surface area contributed by atoms with Crippen LogP contribution in [0.2, 0.25) is 0 Å². The van der Waals surface area contributed by atoms with Gasteiger partial charge in [-0.15, -0.1) is 0 Å². The van der Waals surface area contributed by atoms with Gasteiger partial charge in [0.25, 0.3) is 0 Å². The maximum atomic E-state index is 12.6. The highest BCUT2D eigenvalue weighted by molar-refractivity contribution is 5.79. The maximum Gasteiger partial charge on any atom is 0.227 e. The Kier molecular flexibility index (Phi) is 5.04. The van der Waals surface area contributed by atoms with Crippen LogP contribution in [0.15, 0.2) is 0 Å². The van der Waals surface area contributed by atoms with Crippen molar-refractivity contribution in [2.24, 2.45) is 11.7 Å². The lowest BCUT2D eigenvalue weighted by Crippen LogP contribution is -2.46. The summed E-state index contributed by atoms with van der Waals surface area (Å²) in [5, 5.41) is 0.